The highest BCUT2D eigenvalue weighted by atomic mass is 32.2. The summed E-state index contributed by atoms with van der Waals surface area (Å²) in [6, 6.07) is 12.4. The molecule has 0 heterocycles. The molecule has 9 heteroatoms. The number of rotatable bonds is 12. The van der Waals surface area contributed by atoms with Gasteiger partial charge in [0.15, 0.2) is 0 Å². The lowest BCUT2D eigenvalue weighted by atomic mass is 10.2. The van der Waals surface area contributed by atoms with Crippen LogP contribution in [0.4, 0.5) is 10.1 Å². The van der Waals surface area contributed by atoms with Crippen molar-refractivity contribution < 1.29 is 27.1 Å². The van der Waals surface area contributed by atoms with Crippen LogP contribution in [-0.2, 0) is 14.8 Å². The van der Waals surface area contributed by atoms with Crippen molar-refractivity contribution in [2.24, 2.45) is 0 Å². The normalized spacial score (nSPS) is 11.0. The molecule has 0 atom stereocenters. The number of nitrogens with zero attached hydrogens (tertiary/aromatic N) is 1. The number of sulfonamides is 1. The summed E-state index contributed by atoms with van der Waals surface area (Å²) in [6.45, 7) is 3.13. The maximum atomic E-state index is 12.8. The Hall–Kier alpha value is -2.81. The number of ether oxygens (including phenoxy) is 2. The SMILES string of the molecule is CCOc1ccc(N(CCCC(=O)NCCOc2ccc(F)cc2)S(C)(=O)=O)cc1. The first kappa shape index (κ1) is 23.5. The number of halogens is 1. The van der Waals surface area contributed by atoms with Crippen LogP contribution < -0.4 is 19.1 Å². The Morgan fingerprint density at radius 3 is 2.23 bits per heavy atom. The molecule has 30 heavy (non-hydrogen) atoms. The lowest BCUT2D eigenvalue weighted by molar-refractivity contribution is -0.121. The van der Waals surface area contributed by atoms with Gasteiger partial charge in [-0.3, -0.25) is 9.10 Å². The molecule has 0 saturated carbocycles. The summed E-state index contributed by atoms with van der Waals surface area (Å²) in [5.41, 5.74) is 0.522. The van der Waals surface area contributed by atoms with Crippen molar-refractivity contribution in [1.29, 1.82) is 0 Å². The van der Waals surface area contributed by atoms with Crippen LogP contribution in [0.5, 0.6) is 11.5 Å². The number of benzene rings is 2. The number of carbonyl (C=O) groups excluding carboxylic acids is 1. The van der Waals surface area contributed by atoms with Crippen LogP contribution >= 0.6 is 0 Å². The van der Waals surface area contributed by atoms with Crippen LogP contribution in [0.2, 0.25) is 0 Å². The van der Waals surface area contributed by atoms with Gasteiger partial charge in [0, 0.05) is 13.0 Å². The van der Waals surface area contributed by atoms with Gasteiger partial charge in [0.2, 0.25) is 15.9 Å². The number of amides is 1. The van der Waals surface area contributed by atoms with Gasteiger partial charge in [-0.05, 0) is 61.9 Å². The van der Waals surface area contributed by atoms with Gasteiger partial charge < -0.3 is 14.8 Å². The van der Waals surface area contributed by atoms with Crippen molar-refractivity contribution in [3.63, 3.8) is 0 Å². The third-order valence-corrected chi connectivity index (χ3v) is 5.30. The number of nitrogens with one attached hydrogen (secondary N) is 1. The van der Waals surface area contributed by atoms with E-state index in [0.29, 0.717) is 36.8 Å². The Bertz CT molecular complexity index is 902. The van der Waals surface area contributed by atoms with Crippen LogP contribution in [-0.4, -0.2) is 46.9 Å². The van der Waals surface area contributed by atoms with E-state index in [9.17, 15) is 17.6 Å². The molecule has 0 radical (unpaired) electrons. The van der Waals surface area contributed by atoms with Crippen LogP contribution in [0.25, 0.3) is 0 Å². The molecule has 2 aromatic carbocycles. The summed E-state index contributed by atoms with van der Waals surface area (Å²) >= 11 is 0. The summed E-state index contributed by atoms with van der Waals surface area (Å²) in [6.07, 6.45) is 1.68. The maximum absolute atomic E-state index is 12.8. The second-order valence-electron chi connectivity index (χ2n) is 6.52. The Kier molecular flexibility index (Phi) is 8.91. The highest BCUT2D eigenvalue weighted by molar-refractivity contribution is 7.92. The monoisotopic (exact) mass is 438 g/mol. The first-order chi connectivity index (χ1) is 14.3. The van der Waals surface area contributed by atoms with Crippen molar-refractivity contribution in [2.75, 3.05) is 36.9 Å². The second-order valence-corrected chi connectivity index (χ2v) is 8.42. The van der Waals surface area contributed by atoms with Gasteiger partial charge in [-0.1, -0.05) is 0 Å². The summed E-state index contributed by atoms with van der Waals surface area (Å²) in [5.74, 6) is 0.642. The third kappa shape index (κ3) is 7.90. The molecule has 0 saturated heterocycles. The summed E-state index contributed by atoms with van der Waals surface area (Å²) in [5, 5.41) is 2.72. The minimum atomic E-state index is -3.48. The molecule has 7 nitrogen and oxygen atoms in total. The molecule has 1 amide bonds. The largest absolute Gasteiger partial charge is 0.494 e. The van der Waals surface area contributed by atoms with Crippen molar-refractivity contribution in [3.8, 4) is 11.5 Å². The van der Waals surface area contributed by atoms with E-state index in [4.69, 9.17) is 9.47 Å². The average Bonchev–Trinajstić information content (AvgIpc) is 2.70. The molecule has 2 rings (SSSR count). The molecule has 0 bridgehead atoms. The van der Waals surface area contributed by atoms with E-state index in [0.717, 1.165) is 6.26 Å². The van der Waals surface area contributed by atoms with Crippen LogP contribution in [0.1, 0.15) is 19.8 Å². The van der Waals surface area contributed by atoms with Crippen molar-refractivity contribution in [1.82, 2.24) is 5.32 Å². The number of hydrogen-bond donors (Lipinski definition) is 1. The standard InChI is InChI=1S/C21H27FN2O5S/c1-3-28-19-12-8-18(9-13-19)24(30(2,26)27)15-4-5-21(25)23-14-16-29-20-10-6-17(22)7-11-20/h6-13H,3-5,14-16H2,1-2H3,(H,23,25). The summed E-state index contributed by atoms with van der Waals surface area (Å²) < 4.78 is 49.2. The lowest BCUT2D eigenvalue weighted by Gasteiger charge is -2.22. The Balaban J connectivity index is 1.76. The molecule has 0 aromatic heterocycles. The molecule has 0 fully saturated rings. The Morgan fingerprint density at radius 1 is 1.03 bits per heavy atom. The topological polar surface area (TPSA) is 84.9 Å². The van der Waals surface area contributed by atoms with Crippen molar-refractivity contribution in [3.05, 3.63) is 54.3 Å². The van der Waals surface area contributed by atoms with Crippen LogP contribution in [0.3, 0.4) is 0 Å². The highest BCUT2D eigenvalue weighted by Crippen LogP contribution is 2.22. The predicted molar refractivity (Wildman–Crippen MR) is 114 cm³/mol. The minimum absolute atomic E-state index is 0.180. The fourth-order valence-corrected chi connectivity index (χ4v) is 3.69. The third-order valence-electron chi connectivity index (χ3n) is 4.11. The fourth-order valence-electron chi connectivity index (χ4n) is 2.72. The second kappa shape index (κ2) is 11.4. The van der Waals surface area contributed by atoms with Gasteiger partial charge in [0.1, 0.15) is 23.9 Å². The molecule has 0 aliphatic carbocycles. The predicted octanol–water partition coefficient (Wildman–Crippen LogP) is 2.97. The molecule has 2 aromatic rings. The molecule has 0 aliphatic heterocycles. The maximum Gasteiger partial charge on any atom is 0.232 e. The average molecular weight is 439 g/mol. The first-order valence-electron chi connectivity index (χ1n) is 9.65. The van der Waals surface area contributed by atoms with Crippen molar-refractivity contribution in [2.45, 2.75) is 19.8 Å². The van der Waals surface area contributed by atoms with Gasteiger partial charge in [0.05, 0.1) is 25.1 Å². The van der Waals surface area contributed by atoms with Gasteiger partial charge in [-0.15, -0.1) is 0 Å². The number of hydrogen-bond acceptors (Lipinski definition) is 5. The highest BCUT2D eigenvalue weighted by Gasteiger charge is 2.17. The van der Waals surface area contributed by atoms with Crippen molar-refractivity contribution >= 4 is 21.6 Å². The van der Waals surface area contributed by atoms with E-state index in [1.54, 1.807) is 24.3 Å². The van der Waals surface area contributed by atoms with E-state index >= 15 is 0 Å². The summed E-state index contributed by atoms with van der Waals surface area (Å²) in [4.78, 5) is 12.0. The van der Waals surface area contributed by atoms with Crippen LogP contribution in [0, 0.1) is 5.82 Å². The van der Waals surface area contributed by atoms with Crippen LogP contribution in [0.15, 0.2) is 48.5 Å². The zero-order valence-corrected chi connectivity index (χ0v) is 18.0. The fraction of sp³-hybridized carbons (Fsp3) is 0.381. The van der Waals surface area contributed by atoms with Gasteiger partial charge in [0.25, 0.3) is 0 Å². The zero-order valence-electron chi connectivity index (χ0n) is 17.1. The van der Waals surface area contributed by atoms with Gasteiger partial charge >= 0.3 is 0 Å². The van der Waals surface area contributed by atoms with E-state index in [-0.39, 0.29) is 31.3 Å². The first-order valence-corrected chi connectivity index (χ1v) is 11.5. The number of carbonyl (C=O) groups is 1. The molecule has 0 spiro atoms. The van der Waals surface area contributed by atoms with E-state index in [1.807, 2.05) is 6.92 Å². The molecule has 0 aliphatic rings. The number of anilines is 1. The van der Waals surface area contributed by atoms with E-state index in [1.165, 1.54) is 28.6 Å². The zero-order chi connectivity index (χ0) is 22.0. The smallest absolute Gasteiger partial charge is 0.232 e. The molecular weight excluding hydrogens is 411 g/mol. The molecular formula is C21H27FN2O5S. The lowest BCUT2D eigenvalue weighted by Crippen LogP contribution is -2.32. The minimum Gasteiger partial charge on any atom is -0.494 e. The molecule has 164 valence electrons. The van der Waals surface area contributed by atoms with Gasteiger partial charge in [-0.2, -0.15) is 0 Å². The quantitative estimate of drug-likeness (QED) is 0.515. The molecule has 0 unspecified atom stereocenters. The van der Waals surface area contributed by atoms with E-state index in [2.05, 4.69) is 5.32 Å². The Labute approximate surface area is 176 Å². The molecule has 1 N–H and O–H groups in total. The Morgan fingerprint density at radius 2 is 1.63 bits per heavy atom. The van der Waals surface area contributed by atoms with E-state index < -0.39 is 10.0 Å². The summed E-state index contributed by atoms with van der Waals surface area (Å²) in [7, 11) is -3.48. The van der Waals surface area contributed by atoms with Gasteiger partial charge in [-0.25, -0.2) is 12.8 Å².